The van der Waals surface area contributed by atoms with Crippen molar-refractivity contribution >= 4 is 34.6 Å². The zero-order valence-electron chi connectivity index (χ0n) is 15.4. The molecule has 0 atom stereocenters. The topological polar surface area (TPSA) is 53.2 Å². The molecule has 0 aliphatic rings. The van der Waals surface area contributed by atoms with E-state index < -0.39 is 0 Å². The van der Waals surface area contributed by atoms with Crippen molar-refractivity contribution in [2.24, 2.45) is 0 Å². The Bertz CT molecular complexity index is 538. The molecule has 1 rings (SSSR count). The molecule has 0 bridgehead atoms. The molecule has 5 heteroatoms. The van der Waals surface area contributed by atoms with E-state index in [0.29, 0.717) is 11.5 Å². The van der Waals surface area contributed by atoms with Crippen molar-refractivity contribution in [1.29, 1.82) is 0 Å². The molecule has 134 valence electrons. The van der Waals surface area contributed by atoms with Gasteiger partial charge in [0.1, 0.15) is 0 Å². The van der Waals surface area contributed by atoms with E-state index in [9.17, 15) is 4.79 Å². The van der Waals surface area contributed by atoms with E-state index in [0.717, 1.165) is 24.2 Å². The quantitative estimate of drug-likeness (QED) is 0.453. The molecule has 0 aromatic heterocycles. The first kappa shape index (κ1) is 20.4. The van der Waals surface area contributed by atoms with Gasteiger partial charge >= 0.3 is 0 Å². The Balaban J connectivity index is 2.44. The van der Waals surface area contributed by atoms with E-state index in [1.165, 1.54) is 19.3 Å². The Hall–Kier alpha value is -1.62. The minimum Gasteiger partial charge on any atom is -0.358 e. The van der Waals surface area contributed by atoms with Crippen LogP contribution >= 0.6 is 12.2 Å². The molecule has 1 aromatic carbocycles. The molecule has 0 heterocycles. The molecule has 1 amide bonds. The maximum absolute atomic E-state index is 12.0. The Morgan fingerprint density at radius 1 is 1.04 bits per heavy atom. The van der Waals surface area contributed by atoms with Crippen LogP contribution in [0.4, 0.5) is 11.4 Å². The highest BCUT2D eigenvalue weighted by Crippen LogP contribution is 2.16. The van der Waals surface area contributed by atoms with Gasteiger partial charge < -0.3 is 16.0 Å². The molecule has 1 aromatic rings. The monoisotopic (exact) mass is 349 g/mol. The van der Waals surface area contributed by atoms with Gasteiger partial charge in [-0.05, 0) is 57.6 Å². The molecule has 0 spiro atoms. The second kappa shape index (κ2) is 10.3. The zero-order chi connectivity index (χ0) is 18.0. The predicted octanol–water partition coefficient (Wildman–Crippen LogP) is 5.07. The van der Waals surface area contributed by atoms with Crippen molar-refractivity contribution in [1.82, 2.24) is 5.32 Å². The molecule has 0 fully saturated rings. The molecular formula is C19H31N3OS. The molecule has 3 N–H and O–H groups in total. The third kappa shape index (κ3) is 9.50. The van der Waals surface area contributed by atoms with Gasteiger partial charge in [0.05, 0.1) is 0 Å². The van der Waals surface area contributed by atoms with Gasteiger partial charge in [0.2, 0.25) is 5.91 Å². The third-order valence-electron chi connectivity index (χ3n) is 3.40. The molecule has 0 aliphatic carbocycles. The summed E-state index contributed by atoms with van der Waals surface area (Å²) in [6.07, 6.45) is 6.32. The van der Waals surface area contributed by atoms with Crippen LogP contribution in [-0.4, -0.2) is 16.6 Å². The van der Waals surface area contributed by atoms with Crippen LogP contribution < -0.4 is 16.0 Å². The minimum absolute atomic E-state index is 0.0686. The highest BCUT2D eigenvalue weighted by atomic mass is 32.1. The number of thiocarbonyl (C=S) groups is 1. The van der Waals surface area contributed by atoms with Crippen LogP contribution in [0.1, 0.15) is 66.2 Å². The summed E-state index contributed by atoms with van der Waals surface area (Å²) in [5.41, 5.74) is 1.56. The van der Waals surface area contributed by atoms with Crippen LogP contribution in [0.5, 0.6) is 0 Å². The number of nitrogens with one attached hydrogen (secondary N) is 3. The van der Waals surface area contributed by atoms with Crippen molar-refractivity contribution in [3.05, 3.63) is 24.3 Å². The fraction of sp³-hybridized carbons (Fsp3) is 0.579. The minimum atomic E-state index is -0.0896. The number of anilines is 2. The Labute approximate surface area is 151 Å². The molecule has 0 saturated heterocycles. The average molecular weight is 350 g/mol. The smallest absolute Gasteiger partial charge is 0.224 e. The number of hydrogen-bond donors (Lipinski definition) is 3. The lowest BCUT2D eigenvalue weighted by atomic mass is 10.1. The van der Waals surface area contributed by atoms with Crippen molar-refractivity contribution in [2.45, 2.75) is 71.8 Å². The summed E-state index contributed by atoms with van der Waals surface area (Å²) in [6.45, 7) is 8.35. The first-order valence-electron chi connectivity index (χ1n) is 8.79. The Morgan fingerprint density at radius 2 is 1.67 bits per heavy atom. The van der Waals surface area contributed by atoms with Crippen molar-refractivity contribution in [2.75, 3.05) is 10.6 Å². The number of hydrogen-bond acceptors (Lipinski definition) is 2. The molecule has 0 radical (unpaired) electrons. The van der Waals surface area contributed by atoms with Gasteiger partial charge in [-0.3, -0.25) is 4.79 Å². The van der Waals surface area contributed by atoms with Crippen LogP contribution in [0.3, 0.4) is 0 Å². The number of carbonyl (C=O) groups excluding carboxylic acids is 1. The fourth-order valence-corrected chi connectivity index (χ4v) is 2.71. The summed E-state index contributed by atoms with van der Waals surface area (Å²) >= 11 is 5.30. The number of carbonyl (C=O) groups is 1. The van der Waals surface area contributed by atoms with Gasteiger partial charge in [-0.2, -0.15) is 0 Å². The van der Waals surface area contributed by atoms with Gasteiger partial charge in [0.15, 0.2) is 5.11 Å². The normalized spacial score (nSPS) is 11.0. The van der Waals surface area contributed by atoms with E-state index >= 15 is 0 Å². The summed E-state index contributed by atoms with van der Waals surface area (Å²) in [5.74, 6) is 0.0686. The SMILES string of the molecule is CCCCCCCC(=O)Nc1cccc(NC(=S)NC(C)(C)C)c1. The molecule has 4 nitrogen and oxygen atoms in total. The summed E-state index contributed by atoms with van der Waals surface area (Å²) in [4.78, 5) is 12.0. The second-order valence-electron chi connectivity index (χ2n) is 7.12. The van der Waals surface area contributed by atoms with Crippen LogP contribution in [0, 0.1) is 0 Å². The van der Waals surface area contributed by atoms with Crippen LogP contribution in [0.15, 0.2) is 24.3 Å². The zero-order valence-corrected chi connectivity index (χ0v) is 16.2. The lowest BCUT2D eigenvalue weighted by molar-refractivity contribution is -0.116. The van der Waals surface area contributed by atoms with Crippen LogP contribution in [0.25, 0.3) is 0 Å². The number of benzene rings is 1. The maximum Gasteiger partial charge on any atom is 0.224 e. The number of rotatable bonds is 8. The van der Waals surface area contributed by atoms with Crippen LogP contribution in [-0.2, 0) is 4.79 Å². The number of amides is 1. The van der Waals surface area contributed by atoms with Crippen molar-refractivity contribution in [3.8, 4) is 0 Å². The molecule has 24 heavy (non-hydrogen) atoms. The van der Waals surface area contributed by atoms with E-state index in [-0.39, 0.29) is 11.4 Å². The fourth-order valence-electron chi connectivity index (χ4n) is 2.29. The lowest BCUT2D eigenvalue weighted by Gasteiger charge is -2.23. The Morgan fingerprint density at radius 3 is 2.29 bits per heavy atom. The average Bonchev–Trinajstić information content (AvgIpc) is 2.45. The second-order valence-corrected chi connectivity index (χ2v) is 7.53. The van der Waals surface area contributed by atoms with Crippen molar-refractivity contribution in [3.63, 3.8) is 0 Å². The third-order valence-corrected chi connectivity index (χ3v) is 3.60. The summed E-state index contributed by atoms with van der Waals surface area (Å²) in [6, 6.07) is 7.61. The lowest BCUT2D eigenvalue weighted by Crippen LogP contribution is -2.42. The molecule has 0 saturated carbocycles. The largest absolute Gasteiger partial charge is 0.358 e. The molecule has 0 unspecified atom stereocenters. The van der Waals surface area contributed by atoms with E-state index in [4.69, 9.17) is 12.2 Å². The predicted molar refractivity (Wildman–Crippen MR) is 108 cm³/mol. The van der Waals surface area contributed by atoms with Gasteiger partial charge in [-0.25, -0.2) is 0 Å². The molecular weight excluding hydrogens is 318 g/mol. The van der Waals surface area contributed by atoms with Gasteiger partial charge in [-0.1, -0.05) is 38.7 Å². The molecule has 0 aliphatic heterocycles. The van der Waals surface area contributed by atoms with Gasteiger partial charge in [-0.15, -0.1) is 0 Å². The number of unbranched alkanes of at least 4 members (excludes halogenated alkanes) is 4. The Kier molecular flexibility index (Phi) is 8.76. The first-order valence-corrected chi connectivity index (χ1v) is 9.20. The highest BCUT2D eigenvalue weighted by molar-refractivity contribution is 7.80. The van der Waals surface area contributed by atoms with Gasteiger partial charge in [0.25, 0.3) is 0 Å². The van der Waals surface area contributed by atoms with E-state index in [1.54, 1.807) is 0 Å². The highest BCUT2D eigenvalue weighted by Gasteiger charge is 2.11. The van der Waals surface area contributed by atoms with E-state index in [2.05, 4.69) is 43.6 Å². The summed E-state index contributed by atoms with van der Waals surface area (Å²) in [5, 5.41) is 9.88. The summed E-state index contributed by atoms with van der Waals surface area (Å²) < 4.78 is 0. The van der Waals surface area contributed by atoms with E-state index in [1.807, 2.05) is 24.3 Å². The summed E-state index contributed by atoms with van der Waals surface area (Å²) in [7, 11) is 0. The van der Waals surface area contributed by atoms with Gasteiger partial charge in [0, 0.05) is 23.3 Å². The first-order chi connectivity index (χ1) is 11.3. The maximum atomic E-state index is 12.0. The van der Waals surface area contributed by atoms with Crippen molar-refractivity contribution < 1.29 is 4.79 Å². The standard InChI is InChI=1S/C19H31N3OS/c1-5-6-7-8-9-13-17(23)20-15-11-10-12-16(14-15)21-18(24)22-19(2,3)4/h10-12,14H,5-9,13H2,1-4H3,(H,20,23)(H2,21,22,24). The van der Waals surface area contributed by atoms with Crippen LogP contribution in [0.2, 0.25) is 0 Å².